The minimum absolute atomic E-state index is 0.0370. The Kier molecular flexibility index (Phi) is 6.64. The number of carbonyl (C=O) groups is 1. The SMILES string of the molecule is C=CCn1c(SCc2csc(CC(=O)N(C)C)n2)nc2sc3c(c2c1=O)CCC(C)C3. The predicted octanol–water partition coefficient (Wildman–Crippen LogP) is 4.15. The lowest BCUT2D eigenvalue weighted by Gasteiger charge is -2.17. The van der Waals surface area contributed by atoms with E-state index in [0.29, 0.717) is 29.8 Å². The zero-order valence-electron chi connectivity index (χ0n) is 18.0. The van der Waals surface area contributed by atoms with Gasteiger partial charge in [0.2, 0.25) is 5.91 Å². The molecule has 0 saturated heterocycles. The number of hydrogen-bond acceptors (Lipinski definition) is 7. The van der Waals surface area contributed by atoms with E-state index >= 15 is 0 Å². The molecule has 1 unspecified atom stereocenters. The largest absolute Gasteiger partial charge is 0.348 e. The van der Waals surface area contributed by atoms with Crippen molar-refractivity contribution in [1.82, 2.24) is 19.4 Å². The fourth-order valence-electron chi connectivity index (χ4n) is 3.73. The first-order valence-electron chi connectivity index (χ1n) is 10.3. The molecule has 0 aliphatic heterocycles. The van der Waals surface area contributed by atoms with Gasteiger partial charge in [0.05, 0.1) is 17.5 Å². The number of carbonyl (C=O) groups excluding carboxylic acids is 1. The lowest BCUT2D eigenvalue weighted by Crippen LogP contribution is -2.23. The quantitative estimate of drug-likeness (QED) is 0.292. The Balaban J connectivity index is 1.61. The van der Waals surface area contributed by atoms with Crippen molar-refractivity contribution in [1.29, 1.82) is 0 Å². The summed E-state index contributed by atoms with van der Waals surface area (Å²) in [4.78, 5) is 38.5. The molecule has 3 heterocycles. The smallest absolute Gasteiger partial charge is 0.263 e. The lowest BCUT2D eigenvalue weighted by atomic mass is 9.89. The highest BCUT2D eigenvalue weighted by Crippen LogP contribution is 2.36. The van der Waals surface area contributed by atoms with Crippen molar-refractivity contribution in [2.24, 2.45) is 5.92 Å². The average Bonchev–Trinajstić information content (AvgIpc) is 3.32. The molecule has 4 rings (SSSR count). The number of fused-ring (bicyclic) bond motifs is 3. The van der Waals surface area contributed by atoms with Gasteiger partial charge in [-0.1, -0.05) is 24.8 Å². The first-order valence-corrected chi connectivity index (χ1v) is 13.0. The van der Waals surface area contributed by atoms with Gasteiger partial charge >= 0.3 is 0 Å². The molecule has 0 saturated carbocycles. The zero-order chi connectivity index (χ0) is 22.1. The Morgan fingerprint density at radius 1 is 1.42 bits per heavy atom. The van der Waals surface area contributed by atoms with Gasteiger partial charge in [-0.15, -0.1) is 29.3 Å². The number of allylic oxidation sites excluding steroid dienone is 1. The Morgan fingerprint density at radius 3 is 2.97 bits per heavy atom. The van der Waals surface area contributed by atoms with Gasteiger partial charge in [0, 0.05) is 36.7 Å². The number of aromatic nitrogens is 3. The summed E-state index contributed by atoms with van der Waals surface area (Å²) >= 11 is 4.68. The molecule has 0 N–H and O–H groups in total. The van der Waals surface area contributed by atoms with E-state index in [9.17, 15) is 9.59 Å². The second-order valence-corrected chi connectivity index (χ2v) is 11.1. The Morgan fingerprint density at radius 2 is 2.23 bits per heavy atom. The van der Waals surface area contributed by atoms with Crippen LogP contribution in [0, 0.1) is 5.92 Å². The van der Waals surface area contributed by atoms with E-state index in [-0.39, 0.29) is 11.5 Å². The van der Waals surface area contributed by atoms with E-state index in [1.54, 1.807) is 41.0 Å². The number of likely N-dealkylation sites (N-methyl/N-ethyl adjacent to an activating group) is 1. The van der Waals surface area contributed by atoms with Crippen molar-refractivity contribution in [3.8, 4) is 0 Å². The third-order valence-electron chi connectivity index (χ3n) is 5.44. The fraction of sp³-hybridized carbons (Fsp3) is 0.455. The first kappa shape index (κ1) is 22.2. The molecule has 1 amide bonds. The summed E-state index contributed by atoms with van der Waals surface area (Å²) in [7, 11) is 3.49. The van der Waals surface area contributed by atoms with Gasteiger partial charge < -0.3 is 4.90 Å². The van der Waals surface area contributed by atoms with Gasteiger partial charge in [0.25, 0.3) is 5.56 Å². The van der Waals surface area contributed by atoms with Crippen LogP contribution in [-0.2, 0) is 36.4 Å². The Labute approximate surface area is 194 Å². The molecule has 164 valence electrons. The van der Waals surface area contributed by atoms with Gasteiger partial charge in [0.1, 0.15) is 9.84 Å². The fourth-order valence-corrected chi connectivity index (χ4v) is 6.94. The summed E-state index contributed by atoms with van der Waals surface area (Å²) in [6.07, 6.45) is 5.17. The van der Waals surface area contributed by atoms with E-state index in [1.807, 2.05) is 5.38 Å². The molecule has 0 aromatic carbocycles. The molecular weight excluding hydrogens is 448 g/mol. The van der Waals surface area contributed by atoms with Crippen LogP contribution >= 0.6 is 34.4 Å². The monoisotopic (exact) mass is 474 g/mol. The second-order valence-electron chi connectivity index (χ2n) is 8.12. The molecule has 1 atom stereocenters. The van der Waals surface area contributed by atoms with Crippen molar-refractivity contribution in [2.45, 2.75) is 50.1 Å². The van der Waals surface area contributed by atoms with Crippen molar-refractivity contribution in [2.75, 3.05) is 14.1 Å². The highest BCUT2D eigenvalue weighted by molar-refractivity contribution is 7.98. The number of thioether (sulfide) groups is 1. The van der Waals surface area contributed by atoms with E-state index in [2.05, 4.69) is 18.5 Å². The number of aryl methyl sites for hydroxylation is 1. The number of thiazole rings is 1. The van der Waals surface area contributed by atoms with E-state index in [4.69, 9.17) is 4.98 Å². The zero-order valence-corrected chi connectivity index (χ0v) is 20.5. The predicted molar refractivity (Wildman–Crippen MR) is 129 cm³/mol. The van der Waals surface area contributed by atoms with Crippen LogP contribution in [0.1, 0.15) is 34.5 Å². The van der Waals surface area contributed by atoms with Gasteiger partial charge in [0.15, 0.2) is 5.16 Å². The van der Waals surface area contributed by atoms with Gasteiger partial charge in [-0.25, -0.2) is 9.97 Å². The summed E-state index contributed by atoms with van der Waals surface area (Å²) in [5.41, 5.74) is 2.14. The standard InChI is InChI=1S/C22H26N4O2S3/c1-5-8-26-21(28)19-15-7-6-13(2)9-16(15)31-20(19)24-22(26)30-12-14-11-29-17(23-14)10-18(27)25(3)4/h5,11,13H,1,6-10,12H2,2-4H3. The normalized spacial score (nSPS) is 15.8. The lowest BCUT2D eigenvalue weighted by molar-refractivity contribution is -0.127. The van der Waals surface area contributed by atoms with Crippen LogP contribution in [-0.4, -0.2) is 39.4 Å². The van der Waals surface area contributed by atoms with Crippen LogP contribution < -0.4 is 5.56 Å². The van der Waals surface area contributed by atoms with Crippen molar-refractivity contribution in [3.05, 3.63) is 49.5 Å². The Bertz CT molecular complexity index is 1190. The summed E-state index contributed by atoms with van der Waals surface area (Å²) in [5, 5.41) is 4.28. The van der Waals surface area contributed by atoms with Crippen LogP contribution in [0.5, 0.6) is 0 Å². The summed E-state index contributed by atoms with van der Waals surface area (Å²) in [6.45, 7) is 6.53. The van der Waals surface area contributed by atoms with Crippen LogP contribution in [0.2, 0.25) is 0 Å². The minimum Gasteiger partial charge on any atom is -0.348 e. The number of thiophene rings is 1. The topological polar surface area (TPSA) is 68.1 Å². The van der Waals surface area contributed by atoms with Crippen LogP contribution in [0.3, 0.4) is 0 Å². The molecule has 0 spiro atoms. The third kappa shape index (κ3) is 4.63. The highest BCUT2D eigenvalue weighted by Gasteiger charge is 2.24. The molecule has 9 heteroatoms. The van der Waals surface area contributed by atoms with E-state index in [1.165, 1.54) is 33.5 Å². The Hall–Kier alpha value is -1.97. The van der Waals surface area contributed by atoms with Crippen LogP contribution in [0.4, 0.5) is 0 Å². The molecule has 3 aromatic heterocycles. The van der Waals surface area contributed by atoms with Gasteiger partial charge in [-0.05, 0) is 30.7 Å². The molecule has 31 heavy (non-hydrogen) atoms. The number of amides is 1. The second kappa shape index (κ2) is 9.26. The molecule has 0 bridgehead atoms. The van der Waals surface area contributed by atoms with Gasteiger partial charge in [-0.2, -0.15) is 0 Å². The van der Waals surface area contributed by atoms with Crippen LogP contribution in [0.15, 0.2) is 28.0 Å². The molecule has 1 aliphatic carbocycles. The third-order valence-corrected chi connectivity index (χ3v) is 8.50. The maximum atomic E-state index is 13.4. The van der Waals surface area contributed by atoms with Crippen molar-refractivity contribution < 1.29 is 4.79 Å². The molecule has 0 radical (unpaired) electrons. The molecule has 6 nitrogen and oxygen atoms in total. The molecule has 1 aliphatic rings. The summed E-state index contributed by atoms with van der Waals surface area (Å²) in [6, 6.07) is 0. The maximum Gasteiger partial charge on any atom is 0.263 e. The molecule has 3 aromatic rings. The van der Waals surface area contributed by atoms with Crippen LogP contribution in [0.25, 0.3) is 10.2 Å². The van der Waals surface area contributed by atoms with Crippen molar-refractivity contribution >= 4 is 50.6 Å². The molecular formula is C22H26N4O2S3. The highest BCUT2D eigenvalue weighted by atomic mass is 32.2. The number of hydrogen-bond donors (Lipinski definition) is 0. The van der Waals surface area contributed by atoms with Crippen molar-refractivity contribution in [3.63, 3.8) is 0 Å². The average molecular weight is 475 g/mol. The first-order chi connectivity index (χ1) is 14.9. The summed E-state index contributed by atoms with van der Waals surface area (Å²) < 4.78 is 1.73. The molecule has 0 fully saturated rings. The van der Waals surface area contributed by atoms with Gasteiger partial charge in [-0.3, -0.25) is 14.2 Å². The maximum absolute atomic E-state index is 13.4. The number of nitrogens with zero attached hydrogens (tertiary/aromatic N) is 4. The number of rotatable bonds is 7. The summed E-state index contributed by atoms with van der Waals surface area (Å²) in [5.74, 6) is 1.30. The van der Waals surface area contributed by atoms with E-state index in [0.717, 1.165) is 40.2 Å². The van der Waals surface area contributed by atoms with E-state index < -0.39 is 0 Å². The minimum atomic E-state index is 0.0370.